The lowest BCUT2D eigenvalue weighted by Gasteiger charge is -2.14. The van der Waals surface area contributed by atoms with Crippen LogP contribution < -0.4 is 5.32 Å². The minimum absolute atomic E-state index is 0.104. The van der Waals surface area contributed by atoms with Gasteiger partial charge >= 0.3 is 11.9 Å². The average molecular weight is 696 g/mol. The maximum absolute atomic E-state index is 12.7. The summed E-state index contributed by atoms with van der Waals surface area (Å²) in [4.78, 5) is 34.9. The molecule has 0 saturated carbocycles. The molecule has 0 saturated heterocycles. The Kier molecular flexibility index (Phi) is 36.2. The molecule has 0 aromatic rings. The highest BCUT2D eigenvalue weighted by atomic mass is 16.5. The highest BCUT2D eigenvalue weighted by molar-refractivity contribution is 5.80. The molecule has 1 amide bonds. The monoisotopic (exact) mass is 696 g/mol. The van der Waals surface area contributed by atoms with Crippen LogP contribution in [0.3, 0.4) is 0 Å². The molecule has 6 heteroatoms. The molecule has 50 heavy (non-hydrogen) atoms. The molecule has 0 aliphatic rings. The molecule has 0 aromatic heterocycles. The van der Waals surface area contributed by atoms with E-state index in [1.807, 2.05) is 6.08 Å². The second-order valence-corrected chi connectivity index (χ2v) is 13.2. The number of rotatable bonds is 35. The molecular formula is C44H73NO5. The second-order valence-electron chi connectivity index (χ2n) is 13.2. The van der Waals surface area contributed by atoms with Crippen LogP contribution in [0.25, 0.3) is 0 Å². The summed E-state index contributed by atoms with van der Waals surface area (Å²) >= 11 is 0. The smallest absolute Gasteiger partial charge is 0.322 e. The van der Waals surface area contributed by atoms with E-state index in [0.717, 1.165) is 83.5 Å². The van der Waals surface area contributed by atoms with Gasteiger partial charge in [0.1, 0.15) is 12.6 Å². The van der Waals surface area contributed by atoms with Gasteiger partial charge in [0.15, 0.2) is 0 Å². The second kappa shape index (κ2) is 38.6. The number of unbranched alkanes of at least 4 members (excludes halogenated alkanes) is 14. The summed E-state index contributed by atoms with van der Waals surface area (Å²) in [6.45, 7) is 4.06. The summed E-state index contributed by atoms with van der Waals surface area (Å²) in [6, 6.07) is 0. The summed E-state index contributed by atoms with van der Waals surface area (Å²) in [5.41, 5.74) is 0. The Morgan fingerprint density at radius 1 is 0.560 bits per heavy atom. The molecule has 1 unspecified atom stereocenters. The van der Waals surface area contributed by atoms with E-state index < -0.39 is 5.97 Å². The quantitative estimate of drug-likeness (QED) is 0.0391. The minimum atomic E-state index is -1.03. The lowest BCUT2D eigenvalue weighted by molar-refractivity contribution is -0.147. The number of hydrogen-bond acceptors (Lipinski definition) is 4. The molecule has 0 fully saturated rings. The fourth-order valence-electron chi connectivity index (χ4n) is 5.39. The Bertz CT molecular complexity index is 990. The largest absolute Gasteiger partial charge is 0.480 e. The highest BCUT2D eigenvalue weighted by Gasteiger charge is 2.11. The zero-order valence-electron chi connectivity index (χ0n) is 32.0. The Morgan fingerprint density at radius 2 is 1.04 bits per heavy atom. The lowest BCUT2D eigenvalue weighted by atomic mass is 10.1. The molecule has 0 aliphatic heterocycles. The van der Waals surface area contributed by atoms with Crippen LogP contribution in [0.4, 0.5) is 0 Å². The molecule has 2 N–H and O–H groups in total. The number of aliphatic carboxylic acids is 1. The van der Waals surface area contributed by atoms with Crippen LogP contribution >= 0.6 is 0 Å². The highest BCUT2D eigenvalue weighted by Crippen LogP contribution is 2.15. The average Bonchev–Trinajstić information content (AvgIpc) is 3.10. The van der Waals surface area contributed by atoms with Crippen molar-refractivity contribution < 1.29 is 24.2 Å². The molecule has 284 valence electrons. The number of hydrogen-bond donors (Lipinski definition) is 2. The number of carboxylic acids is 1. The van der Waals surface area contributed by atoms with Crippen molar-refractivity contribution in [3.63, 3.8) is 0 Å². The van der Waals surface area contributed by atoms with Crippen molar-refractivity contribution in [1.29, 1.82) is 0 Å². The van der Waals surface area contributed by atoms with Crippen molar-refractivity contribution in [2.75, 3.05) is 6.54 Å². The third-order valence-electron chi connectivity index (χ3n) is 8.35. The SMILES string of the molecule is CC/C=C\C/C=C\C/C=C\C/C=C\C(CCCCCCCC(=O)NCC(=O)O)OC(=O)CCCCCCCCC/C=C\C/C=C\CCCCC. The molecule has 0 heterocycles. The van der Waals surface area contributed by atoms with Crippen LogP contribution in [0.5, 0.6) is 0 Å². The first-order chi connectivity index (χ1) is 24.5. The van der Waals surface area contributed by atoms with Gasteiger partial charge in [-0.1, -0.05) is 145 Å². The number of carboxylic acid groups (broad SMARTS) is 1. The van der Waals surface area contributed by atoms with E-state index >= 15 is 0 Å². The number of amides is 1. The number of esters is 1. The third-order valence-corrected chi connectivity index (χ3v) is 8.35. The molecule has 0 aliphatic carbocycles. The molecule has 0 radical (unpaired) electrons. The molecule has 6 nitrogen and oxygen atoms in total. The Balaban J connectivity index is 4.29. The van der Waals surface area contributed by atoms with Gasteiger partial charge in [0.2, 0.25) is 5.91 Å². The first-order valence-corrected chi connectivity index (χ1v) is 20.1. The first-order valence-electron chi connectivity index (χ1n) is 20.1. The van der Waals surface area contributed by atoms with Gasteiger partial charge in [-0.15, -0.1) is 0 Å². The van der Waals surface area contributed by atoms with Crippen LogP contribution in [-0.4, -0.2) is 35.6 Å². The summed E-state index contributed by atoms with van der Waals surface area (Å²) in [5.74, 6) is -1.35. The molecule has 0 bridgehead atoms. The molecular weight excluding hydrogens is 622 g/mol. The molecule has 0 aromatic carbocycles. The van der Waals surface area contributed by atoms with E-state index in [-0.39, 0.29) is 24.5 Å². The van der Waals surface area contributed by atoms with Crippen molar-refractivity contribution in [3.8, 4) is 0 Å². The normalized spacial score (nSPS) is 12.8. The van der Waals surface area contributed by atoms with Crippen LogP contribution in [0.1, 0.15) is 174 Å². The number of allylic oxidation sites excluding steroid dienone is 11. The van der Waals surface area contributed by atoms with E-state index in [9.17, 15) is 14.4 Å². The topological polar surface area (TPSA) is 92.7 Å². The van der Waals surface area contributed by atoms with Gasteiger partial charge in [0.05, 0.1) is 0 Å². The predicted molar refractivity (Wildman–Crippen MR) is 212 cm³/mol. The summed E-state index contributed by atoms with van der Waals surface area (Å²) in [7, 11) is 0. The zero-order valence-corrected chi connectivity index (χ0v) is 32.0. The Morgan fingerprint density at radius 3 is 1.62 bits per heavy atom. The van der Waals surface area contributed by atoms with Crippen molar-refractivity contribution in [1.82, 2.24) is 5.32 Å². The van der Waals surface area contributed by atoms with Crippen LogP contribution in [0, 0.1) is 0 Å². The van der Waals surface area contributed by atoms with Crippen molar-refractivity contribution in [3.05, 3.63) is 72.9 Å². The van der Waals surface area contributed by atoms with Crippen molar-refractivity contribution >= 4 is 17.8 Å². The van der Waals surface area contributed by atoms with E-state index in [0.29, 0.717) is 12.8 Å². The van der Waals surface area contributed by atoms with E-state index in [1.54, 1.807) is 0 Å². The fraction of sp³-hybridized carbons (Fsp3) is 0.659. The van der Waals surface area contributed by atoms with Gasteiger partial charge in [-0.05, 0) is 89.5 Å². The molecule has 1 atom stereocenters. The molecule has 0 spiro atoms. The molecule has 0 rings (SSSR count). The number of nitrogens with one attached hydrogen (secondary N) is 1. The van der Waals surface area contributed by atoms with Crippen LogP contribution in [-0.2, 0) is 19.1 Å². The van der Waals surface area contributed by atoms with E-state index in [1.165, 1.54) is 64.2 Å². The van der Waals surface area contributed by atoms with Crippen LogP contribution in [0.2, 0.25) is 0 Å². The van der Waals surface area contributed by atoms with E-state index in [2.05, 4.69) is 86.0 Å². The zero-order chi connectivity index (χ0) is 36.6. The van der Waals surface area contributed by atoms with Gasteiger partial charge in [0.25, 0.3) is 0 Å². The van der Waals surface area contributed by atoms with Gasteiger partial charge < -0.3 is 15.2 Å². The van der Waals surface area contributed by atoms with Crippen molar-refractivity contribution in [2.24, 2.45) is 0 Å². The van der Waals surface area contributed by atoms with Gasteiger partial charge in [-0.3, -0.25) is 14.4 Å². The van der Waals surface area contributed by atoms with Gasteiger partial charge in [-0.25, -0.2) is 0 Å². The third kappa shape index (κ3) is 37.7. The van der Waals surface area contributed by atoms with Gasteiger partial charge in [0, 0.05) is 12.8 Å². The minimum Gasteiger partial charge on any atom is -0.480 e. The van der Waals surface area contributed by atoms with Crippen LogP contribution in [0.15, 0.2) is 72.9 Å². The lowest BCUT2D eigenvalue weighted by Crippen LogP contribution is -2.28. The summed E-state index contributed by atoms with van der Waals surface area (Å²) < 4.78 is 5.90. The number of carbonyl (C=O) groups is 3. The number of ether oxygens (including phenoxy) is 1. The first kappa shape index (κ1) is 46.9. The number of carbonyl (C=O) groups excluding carboxylic acids is 2. The standard InChI is InChI=1S/C44H73NO5/c1-3-5-7-9-11-13-15-16-17-18-19-20-22-24-26-31-35-39-44(49)50-41(36-32-28-25-23-21-14-12-10-8-6-4-2)37-33-29-27-30-34-38-42(46)45-40-43(47)48/h6,8,11-14,16-17,23,25,32,36,41H,3-5,7,9-10,15,18-22,24,26-31,33-35,37-40H2,1-2H3,(H,45,46)(H,47,48)/b8-6-,13-11-,14-12-,17-16-,25-23-,36-32-. The van der Waals surface area contributed by atoms with E-state index in [4.69, 9.17) is 9.84 Å². The Labute approximate surface area is 306 Å². The van der Waals surface area contributed by atoms with Gasteiger partial charge in [-0.2, -0.15) is 0 Å². The van der Waals surface area contributed by atoms with Crippen molar-refractivity contribution in [2.45, 2.75) is 180 Å². The fourth-order valence-corrected chi connectivity index (χ4v) is 5.39. The maximum Gasteiger partial charge on any atom is 0.322 e. The maximum atomic E-state index is 12.7. The summed E-state index contributed by atoms with van der Waals surface area (Å²) in [6.07, 6.45) is 51.8. The Hall–Kier alpha value is -3.15. The predicted octanol–water partition coefficient (Wildman–Crippen LogP) is 12.2. The summed E-state index contributed by atoms with van der Waals surface area (Å²) in [5, 5.41) is 11.1.